The predicted molar refractivity (Wildman–Crippen MR) is 98.4 cm³/mol. The fourth-order valence-corrected chi connectivity index (χ4v) is 4.23. The summed E-state index contributed by atoms with van der Waals surface area (Å²) in [6.07, 6.45) is 2.97. The number of amides is 1. The molecule has 2 aliphatic carbocycles. The molecule has 2 saturated carbocycles. The zero-order valence-electron chi connectivity index (χ0n) is 16.3. The Kier molecular flexibility index (Phi) is 8.05. The minimum atomic E-state index is -2.91. The van der Waals surface area contributed by atoms with Crippen LogP contribution in [0.2, 0.25) is 0 Å². The summed E-state index contributed by atoms with van der Waals surface area (Å²) < 4.78 is 37.7. The first-order valence-corrected chi connectivity index (χ1v) is 10.7. The molecule has 0 aliphatic heterocycles. The van der Waals surface area contributed by atoms with Crippen LogP contribution in [0, 0.1) is 17.3 Å². The van der Waals surface area contributed by atoms with Gasteiger partial charge in [-0.15, -0.1) is 0 Å². The monoisotopic (exact) mass is 405 g/mol. The van der Waals surface area contributed by atoms with Crippen LogP contribution in [0.4, 0.5) is 0 Å². The molecule has 1 N–H and O–H groups in total. The van der Waals surface area contributed by atoms with Gasteiger partial charge in [-0.05, 0) is 37.5 Å². The predicted octanol–water partition coefficient (Wildman–Crippen LogP) is 1.20. The molecule has 0 aromatic heterocycles. The van der Waals surface area contributed by atoms with E-state index in [2.05, 4.69) is 5.32 Å². The van der Waals surface area contributed by atoms with E-state index in [1.165, 1.54) is 0 Å². The second-order valence-electron chi connectivity index (χ2n) is 7.93. The Morgan fingerprint density at radius 3 is 2.41 bits per heavy atom. The number of carbonyl (C=O) groups is 2. The van der Waals surface area contributed by atoms with E-state index in [0.717, 1.165) is 25.7 Å². The largest absolute Gasteiger partial charge is 0.464 e. The van der Waals surface area contributed by atoms with Crippen LogP contribution in [-0.4, -0.2) is 52.3 Å². The van der Waals surface area contributed by atoms with Gasteiger partial charge in [0.05, 0.1) is 25.7 Å². The number of ether oxygens (including phenoxy) is 2. The molecule has 2 fully saturated rings. The van der Waals surface area contributed by atoms with Crippen molar-refractivity contribution in [3.63, 3.8) is 0 Å². The summed E-state index contributed by atoms with van der Waals surface area (Å²) in [6, 6.07) is 0. The summed E-state index contributed by atoms with van der Waals surface area (Å²) in [5, 5.41) is 2.75. The molecule has 0 saturated heterocycles. The van der Waals surface area contributed by atoms with Crippen LogP contribution < -0.4 is 5.32 Å². The van der Waals surface area contributed by atoms with Crippen molar-refractivity contribution in [1.29, 1.82) is 0 Å². The first-order valence-electron chi connectivity index (χ1n) is 9.61. The summed E-state index contributed by atoms with van der Waals surface area (Å²) in [6.45, 7) is 6.22. The van der Waals surface area contributed by atoms with Crippen LogP contribution in [0.5, 0.6) is 0 Å². The minimum absolute atomic E-state index is 0.0663. The second kappa shape index (κ2) is 9.84. The van der Waals surface area contributed by atoms with Crippen molar-refractivity contribution in [2.24, 2.45) is 17.3 Å². The molecule has 4 unspecified atom stereocenters. The molecule has 9 heteroatoms. The van der Waals surface area contributed by atoms with Crippen molar-refractivity contribution in [1.82, 2.24) is 5.32 Å². The summed E-state index contributed by atoms with van der Waals surface area (Å²) in [5.74, 6) is 0.0388. The minimum Gasteiger partial charge on any atom is -0.464 e. The Bertz CT molecular complexity index is 597. The van der Waals surface area contributed by atoms with Crippen LogP contribution >= 0.6 is 0 Å². The van der Waals surface area contributed by atoms with Crippen LogP contribution in [0.25, 0.3) is 0 Å². The van der Waals surface area contributed by atoms with Gasteiger partial charge >= 0.3 is 5.97 Å². The van der Waals surface area contributed by atoms with Gasteiger partial charge in [-0.25, -0.2) is 8.42 Å². The Hall–Kier alpha value is -1.19. The molecular formula is C18H31NO7S. The lowest BCUT2D eigenvalue weighted by atomic mass is 9.89. The van der Waals surface area contributed by atoms with Gasteiger partial charge < -0.3 is 14.8 Å². The fraction of sp³-hybridized carbons (Fsp3) is 0.889. The quantitative estimate of drug-likeness (QED) is 0.302. The second-order valence-corrected chi connectivity index (χ2v) is 8.58. The lowest BCUT2D eigenvalue weighted by molar-refractivity contribution is -0.146. The summed E-state index contributed by atoms with van der Waals surface area (Å²) >= 11 is 0. The number of esters is 1. The summed E-state index contributed by atoms with van der Waals surface area (Å²) in [7, 11) is -2.91. The van der Waals surface area contributed by atoms with Crippen LogP contribution in [0.3, 0.4) is 0 Å². The van der Waals surface area contributed by atoms with Gasteiger partial charge in [0.1, 0.15) is 12.7 Å². The van der Waals surface area contributed by atoms with Gasteiger partial charge in [0.25, 0.3) is 11.0 Å². The third-order valence-corrected chi connectivity index (χ3v) is 6.16. The summed E-state index contributed by atoms with van der Waals surface area (Å²) in [4.78, 5) is 23.7. The van der Waals surface area contributed by atoms with Gasteiger partial charge in [-0.1, -0.05) is 20.8 Å². The Morgan fingerprint density at radius 1 is 1.11 bits per heavy atom. The molecule has 8 nitrogen and oxygen atoms in total. The van der Waals surface area contributed by atoms with Crippen molar-refractivity contribution in [2.45, 2.75) is 65.1 Å². The molecule has 2 rings (SSSR count). The summed E-state index contributed by atoms with van der Waals surface area (Å²) in [5.41, 5.74) is -0.439. The highest BCUT2D eigenvalue weighted by molar-refractivity contribution is 7.67. The van der Waals surface area contributed by atoms with E-state index >= 15 is 0 Å². The first kappa shape index (κ1) is 22.1. The molecule has 4 atom stereocenters. The lowest BCUT2D eigenvalue weighted by Gasteiger charge is -2.28. The molecule has 0 aromatic rings. The molecular weight excluding hydrogens is 374 g/mol. The van der Waals surface area contributed by atoms with Crippen molar-refractivity contribution >= 4 is 22.9 Å². The molecule has 1 amide bonds. The van der Waals surface area contributed by atoms with Gasteiger partial charge in [0, 0.05) is 5.41 Å². The maximum atomic E-state index is 11.9. The number of fused-ring (bicyclic) bond motifs is 2. The highest BCUT2D eigenvalue weighted by Crippen LogP contribution is 2.47. The highest BCUT2D eigenvalue weighted by Gasteiger charge is 2.49. The van der Waals surface area contributed by atoms with Gasteiger partial charge in [0.2, 0.25) is 5.91 Å². The van der Waals surface area contributed by atoms with Crippen molar-refractivity contribution in [3.8, 4) is 0 Å². The number of thiol groups is 1. The van der Waals surface area contributed by atoms with E-state index in [-0.39, 0.29) is 44.1 Å². The normalized spacial score (nSPS) is 27.1. The van der Waals surface area contributed by atoms with E-state index < -0.39 is 28.5 Å². The zero-order valence-corrected chi connectivity index (χ0v) is 17.2. The number of rotatable bonds is 11. The van der Waals surface area contributed by atoms with Crippen LogP contribution in [-0.2, 0) is 34.2 Å². The third-order valence-electron chi connectivity index (χ3n) is 5.74. The number of carbonyl (C=O) groups excluding carboxylic acids is 2. The van der Waals surface area contributed by atoms with Gasteiger partial charge in [-0.3, -0.25) is 13.8 Å². The van der Waals surface area contributed by atoms with Gasteiger partial charge in [0.15, 0.2) is 0 Å². The average Bonchev–Trinajstić information content (AvgIpc) is 3.20. The van der Waals surface area contributed by atoms with E-state index in [4.69, 9.17) is 13.7 Å². The maximum absolute atomic E-state index is 11.9. The first-order chi connectivity index (χ1) is 12.7. The van der Waals surface area contributed by atoms with Gasteiger partial charge in [-0.2, -0.15) is 0 Å². The van der Waals surface area contributed by atoms with E-state index in [1.54, 1.807) is 0 Å². The van der Waals surface area contributed by atoms with E-state index in [9.17, 15) is 18.0 Å². The zero-order chi connectivity index (χ0) is 20.0. The molecule has 2 bridgehead atoms. The standard InChI is InChI=1S/C18H31NO7S/c1-4-18(2,3)17(21)19-8-10-24-14(20)7-9-25-15-12-5-6-13(11-12)16(15)26-27(22)23/h12-13,15-16,27H,4-11H2,1-3H3,(H,19,21). The topological polar surface area (TPSA) is 108 Å². The molecule has 156 valence electrons. The Balaban J connectivity index is 1.62. The number of hydrogen-bond donors (Lipinski definition) is 2. The van der Waals surface area contributed by atoms with Crippen molar-refractivity contribution < 1.29 is 31.7 Å². The van der Waals surface area contributed by atoms with Crippen LogP contribution in [0.1, 0.15) is 52.9 Å². The van der Waals surface area contributed by atoms with Crippen molar-refractivity contribution in [3.05, 3.63) is 0 Å². The average molecular weight is 406 g/mol. The highest BCUT2D eigenvalue weighted by atomic mass is 32.2. The number of hydrogen-bond acceptors (Lipinski definition) is 7. The van der Waals surface area contributed by atoms with E-state index in [0.29, 0.717) is 5.92 Å². The van der Waals surface area contributed by atoms with Crippen molar-refractivity contribution in [2.75, 3.05) is 19.8 Å². The number of nitrogens with one attached hydrogen (secondary N) is 1. The van der Waals surface area contributed by atoms with Crippen LogP contribution in [0.15, 0.2) is 0 Å². The molecule has 0 radical (unpaired) electrons. The lowest BCUT2D eigenvalue weighted by Crippen LogP contribution is -2.38. The Morgan fingerprint density at radius 2 is 1.78 bits per heavy atom. The maximum Gasteiger partial charge on any atom is 0.308 e. The fourth-order valence-electron chi connectivity index (χ4n) is 3.74. The molecule has 0 heterocycles. The Labute approximate surface area is 162 Å². The van der Waals surface area contributed by atoms with E-state index in [1.807, 2.05) is 20.8 Å². The SMILES string of the molecule is CCC(C)(C)C(=O)NCCOC(=O)CCOC1C2CCC(C2)C1O[SH](=O)=O. The molecule has 0 aromatic carbocycles. The molecule has 0 spiro atoms. The smallest absolute Gasteiger partial charge is 0.308 e. The molecule has 27 heavy (non-hydrogen) atoms. The third kappa shape index (κ3) is 6.15. The molecule has 2 aliphatic rings.